The van der Waals surface area contributed by atoms with Gasteiger partial charge in [-0.05, 0) is 39.3 Å². The molecule has 0 saturated carbocycles. The highest BCUT2D eigenvalue weighted by Gasteiger charge is 2.20. The Labute approximate surface area is 164 Å². The van der Waals surface area contributed by atoms with E-state index in [4.69, 9.17) is 0 Å². The minimum atomic E-state index is -0.292. The molecule has 140 valence electrons. The van der Waals surface area contributed by atoms with Gasteiger partial charge < -0.3 is 9.88 Å². The highest BCUT2D eigenvalue weighted by atomic mass is 32.2. The van der Waals surface area contributed by atoms with Crippen LogP contribution in [-0.4, -0.2) is 25.9 Å². The van der Waals surface area contributed by atoms with Crippen LogP contribution in [0.3, 0.4) is 0 Å². The standard InChI is InChI=1S/C21H24N4OS/c1-13-6-9-17(10-7-13)19-23-24-21(25(19)5)27-16(4)20(26)22-18-11-8-14(2)12-15(18)3/h6-12,16H,1-5H3,(H,22,26). The van der Waals surface area contributed by atoms with Crippen molar-refractivity contribution in [3.05, 3.63) is 59.2 Å². The van der Waals surface area contributed by atoms with Gasteiger partial charge in [-0.1, -0.05) is 59.3 Å². The second-order valence-corrected chi connectivity index (χ2v) is 8.11. The predicted octanol–water partition coefficient (Wildman–Crippen LogP) is 4.53. The van der Waals surface area contributed by atoms with Crippen molar-refractivity contribution in [1.82, 2.24) is 14.8 Å². The molecule has 1 unspecified atom stereocenters. The number of aromatic nitrogens is 3. The first-order chi connectivity index (χ1) is 12.8. The summed E-state index contributed by atoms with van der Waals surface area (Å²) in [5, 5.41) is 12.0. The molecule has 0 aliphatic carbocycles. The molecule has 3 rings (SSSR count). The Morgan fingerprint density at radius 2 is 1.70 bits per heavy atom. The molecular weight excluding hydrogens is 356 g/mol. The van der Waals surface area contributed by atoms with E-state index < -0.39 is 0 Å². The van der Waals surface area contributed by atoms with Crippen molar-refractivity contribution >= 4 is 23.4 Å². The van der Waals surface area contributed by atoms with Gasteiger partial charge in [-0.2, -0.15) is 0 Å². The smallest absolute Gasteiger partial charge is 0.237 e. The monoisotopic (exact) mass is 380 g/mol. The van der Waals surface area contributed by atoms with Gasteiger partial charge in [0.1, 0.15) is 0 Å². The molecule has 2 aromatic carbocycles. The molecule has 0 radical (unpaired) electrons. The largest absolute Gasteiger partial charge is 0.325 e. The van der Waals surface area contributed by atoms with E-state index in [1.54, 1.807) is 0 Å². The molecule has 6 heteroatoms. The highest BCUT2D eigenvalue weighted by molar-refractivity contribution is 8.00. The molecule has 27 heavy (non-hydrogen) atoms. The number of hydrogen-bond acceptors (Lipinski definition) is 4. The number of carbonyl (C=O) groups excluding carboxylic acids is 1. The fourth-order valence-corrected chi connectivity index (χ4v) is 3.59. The number of aryl methyl sites for hydroxylation is 3. The van der Waals surface area contributed by atoms with Gasteiger partial charge in [0.25, 0.3) is 0 Å². The number of amides is 1. The number of thioether (sulfide) groups is 1. The fourth-order valence-electron chi connectivity index (χ4n) is 2.77. The lowest BCUT2D eigenvalue weighted by Crippen LogP contribution is -2.23. The number of nitrogens with zero attached hydrogens (tertiary/aromatic N) is 3. The zero-order chi connectivity index (χ0) is 19.6. The topological polar surface area (TPSA) is 59.8 Å². The molecule has 1 N–H and O–H groups in total. The molecule has 3 aromatic rings. The molecule has 0 spiro atoms. The van der Waals surface area contributed by atoms with Gasteiger partial charge >= 0.3 is 0 Å². The second kappa shape index (κ2) is 7.96. The van der Waals surface area contributed by atoms with E-state index in [0.717, 1.165) is 22.6 Å². The molecular formula is C21H24N4OS. The SMILES string of the molecule is Cc1ccc(-c2nnc(SC(C)C(=O)Nc3ccc(C)cc3C)n2C)cc1. The summed E-state index contributed by atoms with van der Waals surface area (Å²) in [6, 6.07) is 14.2. The molecule has 0 aliphatic rings. The van der Waals surface area contributed by atoms with E-state index >= 15 is 0 Å². The second-order valence-electron chi connectivity index (χ2n) is 6.80. The van der Waals surface area contributed by atoms with E-state index in [1.165, 1.54) is 22.9 Å². The number of anilines is 1. The number of carbonyl (C=O) groups is 1. The zero-order valence-corrected chi connectivity index (χ0v) is 17.1. The number of benzene rings is 2. The van der Waals surface area contributed by atoms with Gasteiger partial charge in [-0.3, -0.25) is 4.79 Å². The lowest BCUT2D eigenvalue weighted by molar-refractivity contribution is -0.115. The molecule has 1 atom stereocenters. The molecule has 0 fully saturated rings. The van der Waals surface area contributed by atoms with Crippen molar-refractivity contribution in [3.8, 4) is 11.4 Å². The molecule has 1 heterocycles. The van der Waals surface area contributed by atoms with Crippen molar-refractivity contribution in [2.75, 3.05) is 5.32 Å². The van der Waals surface area contributed by atoms with Crippen LogP contribution in [0.1, 0.15) is 23.6 Å². The predicted molar refractivity (Wildman–Crippen MR) is 111 cm³/mol. The number of rotatable bonds is 5. The van der Waals surface area contributed by atoms with Crippen molar-refractivity contribution in [2.45, 2.75) is 38.1 Å². The lowest BCUT2D eigenvalue weighted by atomic mass is 10.1. The van der Waals surface area contributed by atoms with Crippen LogP contribution in [0.5, 0.6) is 0 Å². The van der Waals surface area contributed by atoms with Gasteiger partial charge in [-0.15, -0.1) is 10.2 Å². The Bertz CT molecular complexity index is 963. The highest BCUT2D eigenvalue weighted by Crippen LogP contribution is 2.27. The normalized spacial score (nSPS) is 12.0. The van der Waals surface area contributed by atoms with Crippen LogP contribution in [0.15, 0.2) is 47.6 Å². The minimum absolute atomic E-state index is 0.0492. The van der Waals surface area contributed by atoms with E-state index in [1.807, 2.05) is 56.7 Å². The summed E-state index contributed by atoms with van der Waals surface area (Å²) in [4.78, 5) is 12.6. The van der Waals surface area contributed by atoms with E-state index in [9.17, 15) is 4.79 Å². The summed E-state index contributed by atoms with van der Waals surface area (Å²) in [6.07, 6.45) is 0. The molecule has 0 aliphatic heterocycles. The minimum Gasteiger partial charge on any atom is -0.325 e. The van der Waals surface area contributed by atoms with Crippen LogP contribution < -0.4 is 5.32 Å². The van der Waals surface area contributed by atoms with Gasteiger partial charge in [0.15, 0.2) is 11.0 Å². The Kier molecular flexibility index (Phi) is 5.65. The Morgan fingerprint density at radius 3 is 2.37 bits per heavy atom. The van der Waals surface area contributed by atoms with Crippen LogP contribution in [0, 0.1) is 20.8 Å². The number of hydrogen-bond donors (Lipinski definition) is 1. The lowest BCUT2D eigenvalue weighted by Gasteiger charge is -2.13. The summed E-state index contributed by atoms with van der Waals surface area (Å²) in [5.74, 6) is 0.742. The molecule has 0 saturated heterocycles. The van der Waals surface area contributed by atoms with Crippen molar-refractivity contribution in [1.29, 1.82) is 0 Å². The summed E-state index contributed by atoms with van der Waals surface area (Å²) in [5.41, 5.74) is 5.29. The summed E-state index contributed by atoms with van der Waals surface area (Å²) < 4.78 is 1.93. The third kappa shape index (κ3) is 4.39. The molecule has 1 aromatic heterocycles. The average molecular weight is 381 g/mol. The maximum absolute atomic E-state index is 12.6. The third-order valence-electron chi connectivity index (χ3n) is 4.44. The molecule has 5 nitrogen and oxygen atoms in total. The maximum atomic E-state index is 12.6. The Hall–Kier alpha value is -2.60. The van der Waals surface area contributed by atoms with Crippen molar-refractivity contribution < 1.29 is 4.79 Å². The zero-order valence-electron chi connectivity index (χ0n) is 16.3. The van der Waals surface area contributed by atoms with Crippen molar-refractivity contribution in [2.24, 2.45) is 7.05 Å². The summed E-state index contributed by atoms with van der Waals surface area (Å²) >= 11 is 1.40. The molecule has 0 bridgehead atoms. The fraction of sp³-hybridized carbons (Fsp3) is 0.286. The van der Waals surface area contributed by atoms with Gasteiger partial charge in [0, 0.05) is 18.3 Å². The van der Waals surface area contributed by atoms with E-state index in [2.05, 4.69) is 40.6 Å². The van der Waals surface area contributed by atoms with Gasteiger partial charge in [-0.25, -0.2) is 0 Å². The quantitative estimate of drug-likeness (QED) is 0.661. The average Bonchev–Trinajstić information content (AvgIpc) is 2.98. The van der Waals surface area contributed by atoms with Gasteiger partial charge in [0.05, 0.1) is 5.25 Å². The first kappa shape index (κ1) is 19.2. The van der Waals surface area contributed by atoms with Crippen LogP contribution >= 0.6 is 11.8 Å². The maximum Gasteiger partial charge on any atom is 0.237 e. The van der Waals surface area contributed by atoms with Crippen LogP contribution in [-0.2, 0) is 11.8 Å². The van der Waals surface area contributed by atoms with Crippen molar-refractivity contribution in [3.63, 3.8) is 0 Å². The number of nitrogens with one attached hydrogen (secondary N) is 1. The van der Waals surface area contributed by atoms with Crippen LogP contribution in [0.4, 0.5) is 5.69 Å². The first-order valence-corrected chi connectivity index (χ1v) is 9.74. The third-order valence-corrected chi connectivity index (χ3v) is 5.57. The van der Waals surface area contributed by atoms with E-state index in [0.29, 0.717) is 5.16 Å². The summed E-state index contributed by atoms with van der Waals surface area (Å²) in [7, 11) is 1.92. The van der Waals surface area contributed by atoms with Crippen LogP contribution in [0.2, 0.25) is 0 Å². The van der Waals surface area contributed by atoms with Gasteiger partial charge in [0.2, 0.25) is 5.91 Å². The summed E-state index contributed by atoms with van der Waals surface area (Å²) in [6.45, 7) is 7.97. The van der Waals surface area contributed by atoms with Crippen LogP contribution in [0.25, 0.3) is 11.4 Å². The van der Waals surface area contributed by atoms with E-state index in [-0.39, 0.29) is 11.2 Å². The first-order valence-electron chi connectivity index (χ1n) is 8.86. The molecule has 1 amide bonds. The Balaban J connectivity index is 1.71. The Morgan fingerprint density at radius 1 is 1.04 bits per heavy atom.